The summed E-state index contributed by atoms with van der Waals surface area (Å²) in [6.45, 7) is 3.11. The van der Waals surface area contributed by atoms with Crippen LogP contribution in [-0.4, -0.2) is 24.7 Å². The third-order valence-electron chi connectivity index (χ3n) is 5.42. The van der Waals surface area contributed by atoms with E-state index in [9.17, 15) is 0 Å². The van der Waals surface area contributed by atoms with Crippen molar-refractivity contribution in [2.45, 2.75) is 63.6 Å². The molecule has 3 nitrogen and oxygen atoms in total. The first-order chi connectivity index (χ1) is 11.8. The van der Waals surface area contributed by atoms with E-state index in [1.165, 1.54) is 43.2 Å². The maximum Gasteiger partial charge on any atom is 0.0635 e. The van der Waals surface area contributed by atoms with E-state index in [-0.39, 0.29) is 0 Å². The standard InChI is InChI=1S/C21H29N3/c1-16(14-17-6-3-2-4-7-17)20-15-21(20)24-19-10-8-18(9-11-19)23-13-5-12-22/h2-4,6-7,14,18-21,23-24H,5,8-11,13,15H2,1H3/b16-14+/t18?,19?,20-,21+/m0/s1. The fourth-order valence-electron chi connectivity index (χ4n) is 3.90. The lowest BCUT2D eigenvalue weighted by molar-refractivity contribution is 0.306. The number of hydrogen-bond acceptors (Lipinski definition) is 3. The van der Waals surface area contributed by atoms with Crippen molar-refractivity contribution < 1.29 is 0 Å². The second kappa shape index (κ2) is 8.46. The number of hydrogen-bond donors (Lipinski definition) is 2. The molecule has 1 aromatic carbocycles. The minimum absolute atomic E-state index is 0.617. The Labute approximate surface area is 146 Å². The van der Waals surface area contributed by atoms with Gasteiger partial charge in [-0.15, -0.1) is 0 Å². The molecule has 2 atom stereocenters. The molecule has 128 valence electrons. The molecule has 0 amide bonds. The second-order valence-electron chi connectivity index (χ2n) is 7.33. The molecule has 0 spiro atoms. The summed E-state index contributed by atoms with van der Waals surface area (Å²) in [7, 11) is 0. The summed E-state index contributed by atoms with van der Waals surface area (Å²) in [5.41, 5.74) is 2.81. The molecule has 3 rings (SSSR count). The van der Waals surface area contributed by atoms with Crippen LogP contribution in [0.2, 0.25) is 0 Å². The molecule has 0 bridgehead atoms. The topological polar surface area (TPSA) is 47.8 Å². The van der Waals surface area contributed by atoms with Crippen LogP contribution in [0.3, 0.4) is 0 Å². The predicted molar refractivity (Wildman–Crippen MR) is 99.4 cm³/mol. The Hall–Kier alpha value is -1.63. The highest BCUT2D eigenvalue weighted by Crippen LogP contribution is 2.39. The molecule has 0 saturated heterocycles. The zero-order chi connectivity index (χ0) is 16.8. The molecule has 0 heterocycles. The number of rotatable bonds is 7. The van der Waals surface area contributed by atoms with Crippen molar-refractivity contribution in [2.24, 2.45) is 5.92 Å². The van der Waals surface area contributed by atoms with Crippen molar-refractivity contribution >= 4 is 6.08 Å². The van der Waals surface area contributed by atoms with E-state index >= 15 is 0 Å². The second-order valence-corrected chi connectivity index (χ2v) is 7.33. The van der Waals surface area contributed by atoms with Crippen molar-refractivity contribution in [2.75, 3.05) is 6.54 Å². The van der Waals surface area contributed by atoms with Gasteiger partial charge in [-0.25, -0.2) is 0 Å². The fourth-order valence-corrected chi connectivity index (χ4v) is 3.90. The van der Waals surface area contributed by atoms with Crippen molar-refractivity contribution in [1.82, 2.24) is 10.6 Å². The third-order valence-corrected chi connectivity index (χ3v) is 5.42. The molecule has 0 radical (unpaired) electrons. The molecule has 24 heavy (non-hydrogen) atoms. The van der Waals surface area contributed by atoms with Crippen LogP contribution in [0.25, 0.3) is 6.08 Å². The minimum Gasteiger partial charge on any atom is -0.313 e. The summed E-state index contributed by atoms with van der Waals surface area (Å²) in [5.74, 6) is 0.719. The summed E-state index contributed by atoms with van der Waals surface area (Å²) in [4.78, 5) is 0. The first-order valence-electron chi connectivity index (χ1n) is 9.36. The van der Waals surface area contributed by atoms with Crippen LogP contribution in [0, 0.1) is 17.2 Å². The number of nitrogens with zero attached hydrogens (tertiary/aromatic N) is 1. The van der Waals surface area contributed by atoms with Gasteiger partial charge in [0.15, 0.2) is 0 Å². The lowest BCUT2D eigenvalue weighted by Crippen LogP contribution is -2.41. The number of nitrogens with one attached hydrogen (secondary N) is 2. The first-order valence-corrected chi connectivity index (χ1v) is 9.36. The molecule has 2 aliphatic carbocycles. The molecule has 2 N–H and O–H groups in total. The Morgan fingerprint density at radius 3 is 2.58 bits per heavy atom. The van der Waals surface area contributed by atoms with Crippen LogP contribution in [-0.2, 0) is 0 Å². The average molecular weight is 323 g/mol. The lowest BCUT2D eigenvalue weighted by Gasteiger charge is -2.30. The van der Waals surface area contributed by atoms with E-state index in [0.29, 0.717) is 24.5 Å². The Morgan fingerprint density at radius 1 is 1.17 bits per heavy atom. The SMILES string of the molecule is C/C(=C\c1ccccc1)[C@@H]1C[C@H]1NC1CCC(NCCC#N)CC1. The van der Waals surface area contributed by atoms with Gasteiger partial charge < -0.3 is 10.6 Å². The minimum atomic E-state index is 0.617. The summed E-state index contributed by atoms with van der Waals surface area (Å²) >= 11 is 0. The van der Waals surface area contributed by atoms with Crippen molar-refractivity contribution in [3.8, 4) is 6.07 Å². The molecule has 0 aliphatic heterocycles. The number of nitriles is 1. The van der Waals surface area contributed by atoms with Gasteiger partial charge in [0.1, 0.15) is 0 Å². The number of benzene rings is 1. The zero-order valence-electron chi connectivity index (χ0n) is 14.7. The molecule has 3 heteroatoms. The van der Waals surface area contributed by atoms with Crippen LogP contribution < -0.4 is 10.6 Å². The summed E-state index contributed by atoms with van der Waals surface area (Å²) in [6, 6.07) is 14.8. The van der Waals surface area contributed by atoms with Gasteiger partial charge in [-0.05, 0) is 50.5 Å². The zero-order valence-corrected chi connectivity index (χ0v) is 14.7. The highest BCUT2D eigenvalue weighted by molar-refractivity contribution is 5.53. The third kappa shape index (κ3) is 4.93. The van der Waals surface area contributed by atoms with Crippen molar-refractivity contribution in [3.63, 3.8) is 0 Å². The van der Waals surface area contributed by atoms with E-state index in [1.807, 2.05) is 0 Å². The summed E-state index contributed by atoms with van der Waals surface area (Å²) in [5, 5.41) is 16.0. The van der Waals surface area contributed by atoms with E-state index < -0.39 is 0 Å². The maximum atomic E-state index is 8.60. The molecular weight excluding hydrogens is 294 g/mol. The molecule has 0 aromatic heterocycles. The van der Waals surface area contributed by atoms with Crippen molar-refractivity contribution in [3.05, 3.63) is 41.5 Å². The Morgan fingerprint density at radius 2 is 1.88 bits per heavy atom. The Bertz CT molecular complexity index is 579. The van der Waals surface area contributed by atoms with Gasteiger partial charge in [0.25, 0.3) is 0 Å². The monoisotopic (exact) mass is 323 g/mol. The van der Waals surface area contributed by atoms with Crippen LogP contribution in [0.4, 0.5) is 0 Å². The van der Waals surface area contributed by atoms with Gasteiger partial charge in [0, 0.05) is 31.1 Å². The van der Waals surface area contributed by atoms with Gasteiger partial charge in [0.05, 0.1) is 6.07 Å². The van der Waals surface area contributed by atoms with E-state index in [4.69, 9.17) is 5.26 Å². The van der Waals surface area contributed by atoms with Gasteiger partial charge >= 0.3 is 0 Å². The lowest BCUT2D eigenvalue weighted by atomic mass is 9.91. The van der Waals surface area contributed by atoms with E-state index in [2.05, 4.69) is 60.0 Å². The summed E-state index contributed by atoms with van der Waals surface area (Å²) < 4.78 is 0. The molecule has 2 fully saturated rings. The molecular formula is C21H29N3. The Kier molecular flexibility index (Phi) is 6.07. The largest absolute Gasteiger partial charge is 0.313 e. The molecule has 1 aromatic rings. The average Bonchev–Trinajstić information content (AvgIpc) is 3.37. The van der Waals surface area contributed by atoms with Gasteiger partial charge in [-0.3, -0.25) is 0 Å². The highest BCUT2D eigenvalue weighted by Gasteiger charge is 2.39. The maximum absolute atomic E-state index is 8.60. The molecule has 0 unspecified atom stereocenters. The summed E-state index contributed by atoms with van der Waals surface area (Å²) in [6.07, 6.45) is 9.23. The normalized spacial score (nSPS) is 29.9. The van der Waals surface area contributed by atoms with Crippen LogP contribution in [0.15, 0.2) is 35.9 Å². The van der Waals surface area contributed by atoms with Gasteiger partial charge in [-0.2, -0.15) is 5.26 Å². The van der Waals surface area contributed by atoms with E-state index in [1.54, 1.807) is 0 Å². The van der Waals surface area contributed by atoms with Crippen LogP contribution in [0.5, 0.6) is 0 Å². The van der Waals surface area contributed by atoms with Crippen LogP contribution in [0.1, 0.15) is 51.0 Å². The molecule has 2 saturated carbocycles. The first kappa shape index (κ1) is 17.2. The Balaban J connectivity index is 1.38. The van der Waals surface area contributed by atoms with Gasteiger partial charge in [0.2, 0.25) is 0 Å². The molecule has 2 aliphatic rings. The van der Waals surface area contributed by atoms with Crippen molar-refractivity contribution in [1.29, 1.82) is 5.26 Å². The highest BCUT2D eigenvalue weighted by atomic mass is 15.0. The fraction of sp³-hybridized carbons (Fsp3) is 0.571. The smallest absolute Gasteiger partial charge is 0.0635 e. The predicted octanol–water partition coefficient (Wildman–Crippen LogP) is 3.88. The van der Waals surface area contributed by atoms with Crippen LogP contribution >= 0.6 is 0 Å². The quantitative estimate of drug-likeness (QED) is 0.749. The van der Waals surface area contributed by atoms with E-state index in [0.717, 1.165) is 12.5 Å². The van der Waals surface area contributed by atoms with Gasteiger partial charge in [-0.1, -0.05) is 42.0 Å².